The minimum atomic E-state index is 0.153. The number of nitrogens with zero attached hydrogens (tertiary/aromatic N) is 4. The Morgan fingerprint density at radius 1 is 0.784 bits per heavy atom. The minimum Gasteiger partial charge on any atom is -0.338 e. The number of carbonyl (C=O) groups excluding carboxylic acids is 1. The molecule has 3 aromatic rings. The number of likely N-dealkylation sites (tertiary alicyclic amines) is 2. The van der Waals surface area contributed by atoms with Crippen LogP contribution in [-0.4, -0.2) is 69.9 Å². The fraction of sp³-hybridized carbons (Fsp3) is 0.438. The zero-order chi connectivity index (χ0) is 25.4. The highest BCUT2D eigenvalue weighted by atomic mass is 16.2. The zero-order valence-corrected chi connectivity index (χ0v) is 22.1. The molecule has 0 N–H and O–H groups in total. The lowest BCUT2D eigenvalue weighted by Crippen LogP contribution is -2.59. The van der Waals surface area contributed by atoms with Gasteiger partial charge in [0, 0.05) is 50.5 Å². The number of fused-ring (bicyclic) bond motifs is 2. The average molecular weight is 495 g/mol. The van der Waals surface area contributed by atoms with Gasteiger partial charge in [-0.25, -0.2) is 0 Å². The maximum Gasteiger partial charge on any atom is 0.255 e. The molecule has 2 unspecified atom stereocenters. The summed E-state index contributed by atoms with van der Waals surface area (Å²) in [7, 11) is 0. The van der Waals surface area contributed by atoms with Crippen molar-refractivity contribution in [3.63, 3.8) is 0 Å². The number of rotatable bonds is 5. The molecule has 6 rings (SSSR count). The molecule has 3 aliphatic heterocycles. The summed E-state index contributed by atoms with van der Waals surface area (Å²) in [5.74, 6) is 0.153. The van der Waals surface area contributed by atoms with Crippen molar-refractivity contribution < 1.29 is 4.79 Å². The average Bonchev–Trinajstić information content (AvgIpc) is 3.17. The van der Waals surface area contributed by atoms with Gasteiger partial charge in [-0.15, -0.1) is 0 Å². The van der Waals surface area contributed by atoms with E-state index in [-0.39, 0.29) is 5.91 Å². The van der Waals surface area contributed by atoms with Crippen LogP contribution in [0.2, 0.25) is 0 Å². The van der Waals surface area contributed by atoms with Crippen molar-refractivity contribution in [2.75, 3.05) is 26.2 Å². The molecular formula is C32H38N4O. The topological polar surface area (TPSA) is 39.7 Å². The second-order valence-corrected chi connectivity index (χ2v) is 11.1. The zero-order valence-electron chi connectivity index (χ0n) is 22.1. The SMILES string of the molecule is Cc1ccnc(C)c1C(=O)N1CCC(N2CC3CCC(C2)N3C(c2ccccc2)c2ccccc2)CC1. The first kappa shape index (κ1) is 24.3. The molecule has 1 amide bonds. The Labute approximate surface area is 221 Å². The molecule has 192 valence electrons. The molecule has 0 radical (unpaired) electrons. The van der Waals surface area contributed by atoms with Gasteiger partial charge in [-0.1, -0.05) is 60.7 Å². The molecule has 37 heavy (non-hydrogen) atoms. The van der Waals surface area contributed by atoms with Crippen molar-refractivity contribution in [2.45, 2.75) is 63.7 Å². The van der Waals surface area contributed by atoms with Crippen LogP contribution in [0.15, 0.2) is 72.9 Å². The first-order valence-electron chi connectivity index (χ1n) is 13.9. The van der Waals surface area contributed by atoms with Crippen molar-refractivity contribution in [1.82, 2.24) is 19.7 Å². The lowest BCUT2D eigenvalue weighted by molar-refractivity contribution is 0.00564. The Balaban J connectivity index is 1.15. The Hall–Kier alpha value is -3.02. The van der Waals surface area contributed by atoms with Crippen LogP contribution in [0.4, 0.5) is 0 Å². The smallest absolute Gasteiger partial charge is 0.255 e. The van der Waals surface area contributed by atoms with Gasteiger partial charge in [0.05, 0.1) is 17.3 Å². The molecule has 2 atom stereocenters. The van der Waals surface area contributed by atoms with Gasteiger partial charge in [-0.05, 0) is 62.3 Å². The lowest BCUT2D eigenvalue weighted by atomic mass is 9.93. The third kappa shape index (κ3) is 4.71. The number of benzene rings is 2. The van der Waals surface area contributed by atoms with Gasteiger partial charge >= 0.3 is 0 Å². The standard InChI is InChI=1S/C32H38N4O/c1-23-15-18-33-24(2)30(23)32(37)34-19-16-27(17-20-34)35-21-28-13-14-29(22-35)36(28)31(25-9-5-3-6-10-25)26-11-7-4-8-12-26/h3-12,15,18,27-29,31H,13-14,16-17,19-22H2,1-2H3. The van der Waals surface area contributed by atoms with Crippen molar-refractivity contribution in [3.05, 3.63) is 101 Å². The molecule has 2 aromatic carbocycles. The van der Waals surface area contributed by atoms with Gasteiger partial charge in [0.15, 0.2) is 0 Å². The summed E-state index contributed by atoms with van der Waals surface area (Å²) in [6, 6.07) is 26.1. The maximum atomic E-state index is 13.3. The van der Waals surface area contributed by atoms with E-state index >= 15 is 0 Å². The van der Waals surface area contributed by atoms with Crippen molar-refractivity contribution in [3.8, 4) is 0 Å². The fourth-order valence-corrected chi connectivity index (χ4v) is 7.11. The van der Waals surface area contributed by atoms with Crippen LogP contribution in [0, 0.1) is 13.8 Å². The number of pyridine rings is 1. The largest absolute Gasteiger partial charge is 0.338 e. The van der Waals surface area contributed by atoms with Gasteiger partial charge in [-0.3, -0.25) is 19.6 Å². The maximum absolute atomic E-state index is 13.3. The van der Waals surface area contributed by atoms with E-state index in [4.69, 9.17) is 0 Å². The van der Waals surface area contributed by atoms with E-state index in [0.29, 0.717) is 24.2 Å². The summed E-state index contributed by atoms with van der Waals surface area (Å²) in [4.78, 5) is 25.3. The minimum absolute atomic E-state index is 0.153. The van der Waals surface area contributed by atoms with E-state index in [9.17, 15) is 4.79 Å². The Morgan fingerprint density at radius 3 is 1.89 bits per heavy atom. The highest BCUT2D eigenvalue weighted by Crippen LogP contribution is 2.41. The van der Waals surface area contributed by atoms with Gasteiger partial charge in [0.1, 0.15) is 0 Å². The second-order valence-electron chi connectivity index (χ2n) is 11.1. The molecule has 3 saturated heterocycles. The number of hydrogen-bond acceptors (Lipinski definition) is 4. The van der Waals surface area contributed by atoms with E-state index < -0.39 is 0 Å². The molecule has 0 aliphatic carbocycles. The molecule has 5 nitrogen and oxygen atoms in total. The number of piperidine rings is 1. The van der Waals surface area contributed by atoms with Crippen molar-refractivity contribution in [1.29, 1.82) is 0 Å². The second kappa shape index (κ2) is 10.4. The number of aromatic nitrogens is 1. The Morgan fingerprint density at radius 2 is 1.35 bits per heavy atom. The predicted octanol–water partition coefficient (Wildman–Crippen LogP) is 5.24. The summed E-state index contributed by atoms with van der Waals surface area (Å²) in [5.41, 5.74) is 5.45. The highest BCUT2D eigenvalue weighted by Gasteiger charge is 2.45. The van der Waals surface area contributed by atoms with Crippen LogP contribution in [0.3, 0.4) is 0 Å². The van der Waals surface area contributed by atoms with Crippen LogP contribution in [0.25, 0.3) is 0 Å². The molecular weight excluding hydrogens is 456 g/mol. The monoisotopic (exact) mass is 494 g/mol. The third-order valence-corrected chi connectivity index (χ3v) is 8.93. The molecule has 1 aromatic heterocycles. The normalized spacial score (nSPS) is 23.1. The fourth-order valence-electron chi connectivity index (χ4n) is 7.11. The van der Waals surface area contributed by atoms with Gasteiger partial charge in [-0.2, -0.15) is 0 Å². The molecule has 4 heterocycles. The number of piperazine rings is 1. The van der Waals surface area contributed by atoms with E-state index in [1.807, 2.05) is 19.9 Å². The third-order valence-electron chi connectivity index (χ3n) is 8.93. The quantitative estimate of drug-likeness (QED) is 0.486. The van der Waals surface area contributed by atoms with E-state index in [1.54, 1.807) is 6.20 Å². The number of amides is 1. The Kier molecular flexibility index (Phi) is 6.83. The number of hydrogen-bond donors (Lipinski definition) is 0. The summed E-state index contributed by atoms with van der Waals surface area (Å²) in [6.07, 6.45) is 6.46. The lowest BCUT2D eigenvalue weighted by Gasteiger charge is -2.49. The van der Waals surface area contributed by atoms with Gasteiger partial charge in [0.25, 0.3) is 5.91 Å². The van der Waals surface area contributed by atoms with Gasteiger partial charge < -0.3 is 4.90 Å². The molecule has 5 heteroatoms. The first-order valence-corrected chi connectivity index (χ1v) is 13.9. The van der Waals surface area contributed by atoms with Crippen molar-refractivity contribution in [2.24, 2.45) is 0 Å². The predicted molar refractivity (Wildman–Crippen MR) is 148 cm³/mol. The highest BCUT2D eigenvalue weighted by molar-refractivity contribution is 5.96. The van der Waals surface area contributed by atoms with Crippen LogP contribution in [0.1, 0.15) is 64.5 Å². The van der Waals surface area contributed by atoms with Crippen LogP contribution in [-0.2, 0) is 0 Å². The molecule has 3 aliphatic rings. The van der Waals surface area contributed by atoms with E-state index in [0.717, 1.165) is 55.8 Å². The molecule has 2 bridgehead atoms. The van der Waals surface area contributed by atoms with Crippen LogP contribution >= 0.6 is 0 Å². The number of aryl methyl sites for hydroxylation is 2. The van der Waals surface area contributed by atoms with E-state index in [1.165, 1.54) is 24.0 Å². The summed E-state index contributed by atoms with van der Waals surface area (Å²) in [6.45, 7) is 7.90. The molecule has 0 spiro atoms. The molecule has 0 saturated carbocycles. The van der Waals surface area contributed by atoms with Gasteiger partial charge in [0.2, 0.25) is 0 Å². The number of carbonyl (C=O) groups is 1. The van der Waals surface area contributed by atoms with Crippen LogP contribution < -0.4 is 0 Å². The van der Waals surface area contributed by atoms with Crippen LogP contribution in [0.5, 0.6) is 0 Å². The van der Waals surface area contributed by atoms with Crippen molar-refractivity contribution >= 4 is 5.91 Å². The summed E-state index contributed by atoms with van der Waals surface area (Å²) >= 11 is 0. The first-order chi connectivity index (χ1) is 18.1. The summed E-state index contributed by atoms with van der Waals surface area (Å²) in [5, 5.41) is 0. The van der Waals surface area contributed by atoms with E-state index in [2.05, 4.69) is 80.3 Å². The summed E-state index contributed by atoms with van der Waals surface area (Å²) < 4.78 is 0. The molecule has 3 fully saturated rings. The Bertz CT molecular complexity index is 1150.